The molecular weight excluding hydrogens is 320 g/mol. The molecule has 0 bridgehead atoms. The van der Waals surface area contributed by atoms with Crippen molar-refractivity contribution >= 4 is 22.2 Å². The highest BCUT2D eigenvalue weighted by molar-refractivity contribution is 7.16. The number of benzene rings is 1. The van der Waals surface area contributed by atoms with Crippen LogP contribution in [-0.2, 0) is 12.8 Å². The lowest BCUT2D eigenvalue weighted by Crippen LogP contribution is -2.13. The minimum Gasteiger partial charge on any atom is -0.493 e. The fourth-order valence-corrected chi connectivity index (χ4v) is 4.42. The van der Waals surface area contributed by atoms with Crippen molar-refractivity contribution in [2.75, 3.05) is 11.9 Å². The van der Waals surface area contributed by atoms with Gasteiger partial charge in [0.05, 0.1) is 17.7 Å². The Kier molecular flexibility index (Phi) is 4.86. The highest BCUT2D eigenvalue weighted by Crippen LogP contribution is 2.39. The standard InChI is InChI=1S/C19H20N2O2S/c1-3-23-16-7-5-4-6-14(16)18(22)21-19-15(11-20)13-9-8-12(2)10-17(13)24-19/h4-7,12H,3,8-10H2,1-2H3,(H,21,22)/t12-/m0/s1. The Hall–Kier alpha value is -2.32. The third kappa shape index (κ3) is 3.15. The highest BCUT2D eigenvalue weighted by Gasteiger charge is 2.25. The molecule has 1 amide bonds. The van der Waals surface area contributed by atoms with Gasteiger partial charge in [-0.2, -0.15) is 5.26 Å². The number of carbonyl (C=O) groups excluding carboxylic acids is 1. The number of ether oxygens (including phenoxy) is 1. The zero-order valence-corrected chi connectivity index (χ0v) is 14.7. The lowest BCUT2D eigenvalue weighted by molar-refractivity contribution is 0.102. The second kappa shape index (κ2) is 7.06. The van der Waals surface area contributed by atoms with Gasteiger partial charge in [-0.3, -0.25) is 4.79 Å². The molecule has 5 heteroatoms. The Morgan fingerprint density at radius 2 is 2.25 bits per heavy atom. The van der Waals surface area contributed by atoms with Crippen molar-refractivity contribution in [3.63, 3.8) is 0 Å². The fourth-order valence-electron chi connectivity index (χ4n) is 3.06. The van der Waals surface area contributed by atoms with E-state index in [1.54, 1.807) is 12.1 Å². The Balaban J connectivity index is 1.89. The Morgan fingerprint density at radius 1 is 1.46 bits per heavy atom. The van der Waals surface area contributed by atoms with Gasteiger partial charge in [0, 0.05) is 4.88 Å². The minimum atomic E-state index is -0.234. The second-order valence-electron chi connectivity index (χ2n) is 6.05. The maximum atomic E-state index is 12.7. The van der Waals surface area contributed by atoms with Gasteiger partial charge in [0.2, 0.25) is 0 Å². The average molecular weight is 340 g/mol. The van der Waals surface area contributed by atoms with Crippen molar-refractivity contribution in [1.29, 1.82) is 5.26 Å². The number of rotatable bonds is 4. The van der Waals surface area contributed by atoms with E-state index in [0.29, 0.717) is 34.4 Å². The van der Waals surface area contributed by atoms with E-state index in [0.717, 1.165) is 24.8 Å². The van der Waals surface area contributed by atoms with E-state index in [2.05, 4.69) is 18.3 Å². The molecule has 0 fully saturated rings. The molecule has 4 nitrogen and oxygen atoms in total. The van der Waals surface area contributed by atoms with Crippen molar-refractivity contribution in [3.05, 3.63) is 45.8 Å². The number of para-hydroxylation sites is 1. The van der Waals surface area contributed by atoms with Crippen molar-refractivity contribution < 1.29 is 9.53 Å². The van der Waals surface area contributed by atoms with Gasteiger partial charge in [-0.1, -0.05) is 19.1 Å². The smallest absolute Gasteiger partial charge is 0.260 e. The first-order valence-electron chi connectivity index (χ1n) is 8.21. The van der Waals surface area contributed by atoms with Crippen LogP contribution in [0, 0.1) is 17.2 Å². The maximum absolute atomic E-state index is 12.7. The van der Waals surface area contributed by atoms with Crippen LogP contribution in [0.5, 0.6) is 5.75 Å². The molecule has 1 atom stereocenters. The van der Waals surface area contributed by atoms with Crippen LogP contribution in [-0.4, -0.2) is 12.5 Å². The summed E-state index contributed by atoms with van der Waals surface area (Å²) >= 11 is 1.54. The largest absolute Gasteiger partial charge is 0.493 e. The Morgan fingerprint density at radius 3 is 3.00 bits per heavy atom. The predicted molar refractivity (Wildman–Crippen MR) is 95.8 cm³/mol. The number of anilines is 1. The van der Waals surface area contributed by atoms with Crippen LogP contribution in [0.1, 0.15) is 46.6 Å². The first-order valence-corrected chi connectivity index (χ1v) is 9.03. The summed E-state index contributed by atoms with van der Waals surface area (Å²) in [5.41, 5.74) is 2.24. The third-order valence-electron chi connectivity index (χ3n) is 4.28. The molecule has 0 spiro atoms. The summed E-state index contributed by atoms with van der Waals surface area (Å²) in [5.74, 6) is 0.957. The van der Waals surface area contributed by atoms with Gasteiger partial charge in [-0.15, -0.1) is 11.3 Å². The van der Waals surface area contributed by atoms with Crippen LogP contribution in [0.25, 0.3) is 0 Å². The molecule has 1 N–H and O–H groups in total. The number of nitrogens with zero attached hydrogens (tertiary/aromatic N) is 1. The summed E-state index contributed by atoms with van der Waals surface area (Å²) in [5, 5.41) is 13.1. The third-order valence-corrected chi connectivity index (χ3v) is 5.45. The van der Waals surface area contributed by atoms with Crippen molar-refractivity contribution in [2.24, 2.45) is 5.92 Å². The summed E-state index contributed by atoms with van der Waals surface area (Å²) < 4.78 is 5.53. The zero-order chi connectivity index (χ0) is 17.1. The van der Waals surface area contributed by atoms with Gasteiger partial charge >= 0.3 is 0 Å². The molecule has 1 aromatic heterocycles. The first-order chi connectivity index (χ1) is 11.6. The van der Waals surface area contributed by atoms with E-state index < -0.39 is 0 Å². The quantitative estimate of drug-likeness (QED) is 0.897. The lowest BCUT2D eigenvalue weighted by atomic mass is 9.88. The number of carbonyl (C=O) groups is 1. The van der Waals surface area contributed by atoms with Crippen molar-refractivity contribution in [1.82, 2.24) is 0 Å². The number of thiophene rings is 1. The van der Waals surface area contributed by atoms with E-state index in [1.807, 2.05) is 19.1 Å². The fraction of sp³-hybridized carbons (Fsp3) is 0.368. The maximum Gasteiger partial charge on any atom is 0.260 e. The summed E-state index contributed by atoms with van der Waals surface area (Å²) in [6.07, 6.45) is 3.00. The molecule has 124 valence electrons. The first kappa shape index (κ1) is 16.5. The molecule has 1 heterocycles. The van der Waals surface area contributed by atoms with Crippen LogP contribution in [0.2, 0.25) is 0 Å². The summed E-state index contributed by atoms with van der Waals surface area (Å²) in [6.45, 7) is 4.61. The van der Waals surface area contributed by atoms with Crippen molar-refractivity contribution in [3.8, 4) is 11.8 Å². The highest BCUT2D eigenvalue weighted by atomic mass is 32.1. The number of hydrogen-bond donors (Lipinski definition) is 1. The SMILES string of the molecule is CCOc1ccccc1C(=O)Nc1sc2c(c1C#N)CC[C@H](C)C2. The molecule has 1 aliphatic rings. The monoisotopic (exact) mass is 340 g/mol. The van der Waals surface area contributed by atoms with Gasteiger partial charge in [-0.05, 0) is 49.8 Å². The molecule has 0 unspecified atom stereocenters. The van der Waals surface area contributed by atoms with Crippen LogP contribution >= 0.6 is 11.3 Å². The molecule has 1 aliphatic carbocycles. The van der Waals surface area contributed by atoms with Crippen LogP contribution < -0.4 is 10.1 Å². The van der Waals surface area contributed by atoms with Crippen LogP contribution in [0.3, 0.4) is 0 Å². The normalized spacial score (nSPS) is 16.1. The second-order valence-corrected chi connectivity index (χ2v) is 7.16. The molecule has 2 aromatic rings. The van der Waals surface area contributed by atoms with E-state index in [-0.39, 0.29) is 5.91 Å². The number of fused-ring (bicyclic) bond motifs is 1. The molecule has 0 aliphatic heterocycles. The molecule has 24 heavy (non-hydrogen) atoms. The number of amides is 1. The number of hydrogen-bond acceptors (Lipinski definition) is 4. The average Bonchev–Trinajstić information content (AvgIpc) is 2.91. The summed E-state index contributed by atoms with van der Waals surface area (Å²) in [7, 11) is 0. The number of nitriles is 1. The Labute approximate surface area is 146 Å². The lowest BCUT2D eigenvalue weighted by Gasteiger charge is -2.17. The molecular formula is C19H20N2O2S. The minimum absolute atomic E-state index is 0.234. The number of nitrogens with one attached hydrogen (secondary N) is 1. The molecule has 3 rings (SSSR count). The van der Waals surface area contributed by atoms with Crippen LogP contribution in [0.15, 0.2) is 24.3 Å². The molecule has 0 radical (unpaired) electrons. The summed E-state index contributed by atoms with van der Waals surface area (Å²) in [4.78, 5) is 13.9. The Bertz CT molecular complexity index is 804. The predicted octanol–water partition coefficient (Wildman–Crippen LogP) is 4.40. The molecule has 1 aromatic carbocycles. The van der Waals surface area contributed by atoms with Gasteiger partial charge in [0.1, 0.15) is 16.8 Å². The van der Waals surface area contributed by atoms with E-state index >= 15 is 0 Å². The zero-order valence-electron chi connectivity index (χ0n) is 13.9. The van der Waals surface area contributed by atoms with E-state index in [4.69, 9.17) is 4.74 Å². The summed E-state index contributed by atoms with van der Waals surface area (Å²) in [6, 6.07) is 9.45. The van der Waals surface area contributed by atoms with Gasteiger partial charge in [-0.25, -0.2) is 0 Å². The van der Waals surface area contributed by atoms with Crippen LogP contribution in [0.4, 0.5) is 5.00 Å². The van der Waals surface area contributed by atoms with Crippen molar-refractivity contribution in [2.45, 2.75) is 33.1 Å². The molecule has 0 saturated heterocycles. The van der Waals surface area contributed by atoms with Gasteiger partial charge < -0.3 is 10.1 Å². The van der Waals surface area contributed by atoms with Gasteiger partial charge in [0.15, 0.2) is 0 Å². The van der Waals surface area contributed by atoms with E-state index in [1.165, 1.54) is 16.2 Å². The molecule has 0 saturated carbocycles. The topological polar surface area (TPSA) is 62.1 Å². The van der Waals surface area contributed by atoms with E-state index in [9.17, 15) is 10.1 Å². The van der Waals surface area contributed by atoms with Gasteiger partial charge in [0.25, 0.3) is 5.91 Å².